The van der Waals surface area contributed by atoms with Crippen molar-refractivity contribution >= 4 is 17.6 Å². The fourth-order valence-corrected chi connectivity index (χ4v) is 1.78. The molecule has 0 N–H and O–H groups in total. The summed E-state index contributed by atoms with van der Waals surface area (Å²) in [7, 11) is 1.21. The molecule has 0 atom stereocenters. The molecule has 112 valence electrons. The van der Waals surface area contributed by atoms with E-state index in [9.17, 15) is 13.6 Å². The zero-order chi connectivity index (χ0) is 15.6. The highest BCUT2D eigenvalue weighted by Gasteiger charge is 2.23. The second kappa shape index (κ2) is 6.09. The molecule has 1 aromatic carbocycles. The van der Waals surface area contributed by atoms with E-state index in [4.69, 9.17) is 20.8 Å². The summed E-state index contributed by atoms with van der Waals surface area (Å²) >= 11 is 5.71. The van der Waals surface area contributed by atoms with E-state index in [0.717, 1.165) is 12.1 Å². The summed E-state index contributed by atoms with van der Waals surface area (Å²) in [4.78, 5) is 15.3. The third kappa shape index (κ3) is 2.97. The zero-order valence-corrected chi connectivity index (χ0v) is 11.8. The quantitative estimate of drug-likeness (QED) is 0.808. The van der Waals surface area contributed by atoms with Crippen LogP contribution in [0.3, 0.4) is 0 Å². The molecule has 1 heterocycles. The molecule has 0 aliphatic rings. The van der Waals surface area contributed by atoms with Gasteiger partial charge in [-0.25, -0.2) is 18.6 Å². The highest BCUT2D eigenvalue weighted by Crippen LogP contribution is 2.31. The minimum Gasteiger partial charge on any atom is -0.494 e. The molecular formula is C13H10ClF2NO4. The van der Waals surface area contributed by atoms with Gasteiger partial charge < -0.3 is 13.9 Å². The Labute approximate surface area is 123 Å². The van der Waals surface area contributed by atoms with Gasteiger partial charge in [0, 0.05) is 6.07 Å². The Morgan fingerprint density at radius 2 is 2.10 bits per heavy atom. The van der Waals surface area contributed by atoms with Crippen LogP contribution < -0.4 is 4.74 Å². The number of carbonyl (C=O) groups is 1. The van der Waals surface area contributed by atoms with Crippen molar-refractivity contribution in [1.82, 2.24) is 4.98 Å². The molecule has 0 aliphatic carbocycles. The highest BCUT2D eigenvalue weighted by atomic mass is 35.5. The smallest absolute Gasteiger partial charge is 0.361 e. The average Bonchev–Trinajstić information content (AvgIpc) is 2.83. The van der Waals surface area contributed by atoms with Crippen LogP contribution in [-0.4, -0.2) is 24.7 Å². The predicted molar refractivity (Wildman–Crippen MR) is 69.4 cm³/mol. The van der Waals surface area contributed by atoms with Crippen molar-refractivity contribution < 1.29 is 27.5 Å². The fraction of sp³-hybridized carbons (Fsp3) is 0.231. The Morgan fingerprint density at radius 1 is 1.38 bits per heavy atom. The maximum absolute atomic E-state index is 13.9. The summed E-state index contributed by atoms with van der Waals surface area (Å²) in [5.74, 6) is -3.05. The first-order chi connectivity index (χ1) is 9.97. The average molecular weight is 318 g/mol. The maximum Gasteiger partial charge on any atom is 0.361 e. The van der Waals surface area contributed by atoms with Crippen molar-refractivity contribution in [1.29, 1.82) is 0 Å². The Bertz CT molecular complexity index is 687. The molecule has 0 bridgehead atoms. The van der Waals surface area contributed by atoms with Crippen LogP contribution >= 0.6 is 11.6 Å². The number of hydrogen-bond donors (Lipinski definition) is 0. The number of rotatable bonds is 4. The SMILES string of the molecule is CCOC(=O)c1nc(-c2cc(F)c(OC)cc2F)oc1Cl. The Morgan fingerprint density at radius 3 is 2.71 bits per heavy atom. The number of esters is 1. The minimum atomic E-state index is -0.832. The first-order valence-corrected chi connectivity index (χ1v) is 6.22. The van der Waals surface area contributed by atoms with Gasteiger partial charge in [0.2, 0.25) is 16.8 Å². The number of benzene rings is 1. The molecule has 0 unspecified atom stereocenters. The third-order valence-electron chi connectivity index (χ3n) is 2.53. The van der Waals surface area contributed by atoms with Crippen molar-refractivity contribution in [2.45, 2.75) is 6.92 Å². The second-order valence-electron chi connectivity index (χ2n) is 3.83. The van der Waals surface area contributed by atoms with E-state index in [1.54, 1.807) is 6.92 Å². The number of nitrogens with zero attached hydrogens (tertiary/aromatic N) is 1. The lowest BCUT2D eigenvalue weighted by atomic mass is 10.2. The van der Waals surface area contributed by atoms with Gasteiger partial charge in [-0.1, -0.05) is 0 Å². The number of ether oxygens (including phenoxy) is 2. The first-order valence-electron chi connectivity index (χ1n) is 5.84. The highest BCUT2D eigenvalue weighted by molar-refractivity contribution is 6.31. The largest absolute Gasteiger partial charge is 0.494 e. The first kappa shape index (κ1) is 15.2. The van der Waals surface area contributed by atoms with Crippen LogP contribution in [0.15, 0.2) is 16.5 Å². The maximum atomic E-state index is 13.9. The zero-order valence-electron chi connectivity index (χ0n) is 11.1. The number of aromatic nitrogens is 1. The lowest BCUT2D eigenvalue weighted by Gasteiger charge is -2.04. The molecule has 5 nitrogen and oxygen atoms in total. The van der Waals surface area contributed by atoms with E-state index in [1.807, 2.05) is 0 Å². The van der Waals surface area contributed by atoms with Crippen molar-refractivity contribution in [2.75, 3.05) is 13.7 Å². The molecule has 0 radical (unpaired) electrons. The van der Waals surface area contributed by atoms with Gasteiger partial charge in [0.25, 0.3) is 0 Å². The van der Waals surface area contributed by atoms with E-state index in [-0.39, 0.29) is 34.7 Å². The molecule has 0 saturated carbocycles. The molecular weight excluding hydrogens is 308 g/mol. The van der Waals surface area contributed by atoms with Crippen LogP contribution in [0.25, 0.3) is 11.5 Å². The van der Waals surface area contributed by atoms with Gasteiger partial charge in [-0.3, -0.25) is 0 Å². The number of halogens is 3. The Kier molecular flexibility index (Phi) is 4.42. The molecule has 0 saturated heterocycles. The van der Waals surface area contributed by atoms with Gasteiger partial charge >= 0.3 is 5.97 Å². The number of methoxy groups -OCH3 is 1. The third-order valence-corrected chi connectivity index (χ3v) is 2.78. The van der Waals surface area contributed by atoms with Crippen molar-refractivity contribution in [3.05, 3.63) is 34.7 Å². The van der Waals surface area contributed by atoms with Gasteiger partial charge in [0.1, 0.15) is 5.82 Å². The number of oxazole rings is 1. The normalized spacial score (nSPS) is 10.5. The minimum absolute atomic E-state index is 0.114. The summed E-state index contributed by atoms with van der Waals surface area (Å²) < 4.78 is 41.9. The molecule has 0 amide bonds. The fourth-order valence-electron chi connectivity index (χ4n) is 1.59. The second-order valence-corrected chi connectivity index (χ2v) is 4.17. The van der Waals surface area contributed by atoms with Gasteiger partial charge in [-0.05, 0) is 24.6 Å². The molecule has 2 rings (SSSR count). The Balaban J connectivity index is 2.46. The van der Waals surface area contributed by atoms with Crippen LogP contribution in [-0.2, 0) is 4.74 Å². The number of carbonyl (C=O) groups excluding carboxylic acids is 1. The van der Waals surface area contributed by atoms with Crippen molar-refractivity contribution in [3.63, 3.8) is 0 Å². The van der Waals surface area contributed by atoms with E-state index >= 15 is 0 Å². The Hall–Kier alpha value is -2.15. The van der Waals surface area contributed by atoms with E-state index in [2.05, 4.69) is 9.72 Å². The lowest BCUT2D eigenvalue weighted by molar-refractivity contribution is 0.0519. The summed E-state index contributed by atoms with van der Waals surface area (Å²) in [6.45, 7) is 1.72. The van der Waals surface area contributed by atoms with E-state index in [0.29, 0.717) is 0 Å². The molecule has 0 fully saturated rings. The van der Waals surface area contributed by atoms with Crippen LogP contribution in [0.4, 0.5) is 8.78 Å². The van der Waals surface area contributed by atoms with E-state index in [1.165, 1.54) is 7.11 Å². The van der Waals surface area contributed by atoms with Crippen LogP contribution in [0.2, 0.25) is 5.22 Å². The molecule has 0 spiro atoms. The van der Waals surface area contributed by atoms with Crippen LogP contribution in [0.1, 0.15) is 17.4 Å². The van der Waals surface area contributed by atoms with Gasteiger partial charge in [0.05, 0.1) is 19.3 Å². The molecule has 0 aliphatic heterocycles. The monoisotopic (exact) mass is 317 g/mol. The van der Waals surface area contributed by atoms with Gasteiger partial charge in [-0.15, -0.1) is 0 Å². The van der Waals surface area contributed by atoms with Crippen LogP contribution in [0.5, 0.6) is 5.75 Å². The van der Waals surface area contributed by atoms with Crippen LogP contribution in [0, 0.1) is 11.6 Å². The predicted octanol–water partition coefficient (Wildman–Crippen LogP) is 3.46. The molecule has 8 heteroatoms. The standard InChI is InChI=1S/C13H10ClF2NO4/c1-3-20-13(18)10-11(14)21-12(17-10)6-4-8(16)9(19-2)5-7(6)15/h4-5H,3H2,1-2H3. The molecule has 1 aromatic heterocycles. The molecule has 21 heavy (non-hydrogen) atoms. The van der Waals surface area contributed by atoms with E-state index < -0.39 is 17.6 Å². The summed E-state index contributed by atoms with van der Waals surface area (Å²) in [5.41, 5.74) is -0.588. The summed E-state index contributed by atoms with van der Waals surface area (Å²) in [6.07, 6.45) is 0. The van der Waals surface area contributed by atoms with Gasteiger partial charge in [0.15, 0.2) is 11.6 Å². The summed E-state index contributed by atoms with van der Waals surface area (Å²) in [6, 6.07) is 1.68. The molecule has 2 aromatic rings. The van der Waals surface area contributed by atoms with Crippen molar-refractivity contribution in [2.24, 2.45) is 0 Å². The lowest BCUT2D eigenvalue weighted by Crippen LogP contribution is -2.05. The number of hydrogen-bond acceptors (Lipinski definition) is 5. The van der Waals surface area contributed by atoms with Gasteiger partial charge in [-0.2, -0.15) is 0 Å². The summed E-state index contributed by atoms with van der Waals surface area (Å²) in [5, 5.41) is -0.362. The van der Waals surface area contributed by atoms with Crippen molar-refractivity contribution in [3.8, 4) is 17.2 Å². The topological polar surface area (TPSA) is 61.6 Å².